The van der Waals surface area contributed by atoms with Crippen LogP contribution in [0.5, 0.6) is 0 Å². The molecule has 3 rings (SSSR count). The lowest BCUT2D eigenvalue weighted by Crippen LogP contribution is -2.02. The van der Waals surface area contributed by atoms with E-state index < -0.39 is 0 Å². The van der Waals surface area contributed by atoms with Crippen molar-refractivity contribution in [1.29, 1.82) is 0 Å². The number of aromatic nitrogens is 2. The Bertz CT molecular complexity index is 782. The van der Waals surface area contributed by atoms with Gasteiger partial charge in [0.15, 0.2) is 0 Å². The van der Waals surface area contributed by atoms with Crippen molar-refractivity contribution in [1.82, 2.24) is 9.72 Å². The topological polar surface area (TPSA) is 74.1 Å². The van der Waals surface area contributed by atoms with Gasteiger partial charge in [0.25, 0.3) is 5.69 Å². The van der Waals surface area contributed by atoms with Crippen LogP contribution in [0.1, 0.15) is 17.0 Å². The summed E-state index contributed by atoms with van der Waals surface area (Å²) in [4.78, 5) is 10.8. The summed E-state index contributed by atoms with van der Waals surface area (Å²) in [6.07, 6.45) is 1.85. The lowest BCUT2D eigenvalue weighted by Gasteiger charge is -2.05. The molecule has 1 aromatic carbocycles. The maximum atomic E-state index is 11.2. The fourth-order valence-electron chi connectivity index (χ4n) is 2.42. The largest absolute Gasteiger partial charge is 0.361 e. The van der Waals surface area contributed by atoms with Crippen LogP contribution in [0.3, 0.4) is 0 Å². The first-order valence-corrected chi connectivity index (χ1v) is 6.22. The zero-order chi connectivity index (χ0) is 14.3. The average molecular weight is 271 g/mol. The van der Waals surface area contributed by atoms with Crippen molar-refractivity contribution in [3.63, 3.8) is 0 Å². The molecule has 6 nitrogen and oxygen atoms in total. The third kappa shape index (κ3) is 1.85. The summed E-state index contributed by atoms with van der Waals surface area (Å²) in [6.45, 7) is 4.22. The van der Waals surface area contributed by atoms with Gasteiger partial charge < -0.3 is 9.09 Å². The number of hydrogen-bond donors (Lipinski definition) is 0. The van der Waals surface area contributed by atoms with Crippen molar-refractivity contribution in [3.05, 3.63) is 57.6 Å². The smallest absolute Gasteiger partial charge is 0.293 e. The molecule has 0 aliphatic rings. The highest BCUT2D eigenvalue weighted by molar-refractivity contribution is 5.88. The standard InChI is InChI=1S/C14H13N3O3/c1-9-12(10(2)20-15-9)8-16-7-6-11-4-3-5-13(14(11)16)17(18)19/h3-7H,8H2,1-2H3. The molecule has 0 atom stereocenters. The van der Waals surface area contributed by atoms with Gasteiger partial charge in [0.1, 0.15) is 11.3 Å². The summed E-state index contributed by atoms with van der Waals surface area (Å²) in [7, 11) is 0. The van der Waals surface area contributed by atoms with E-state index in [1.807, 2.05) is 36.7 Å². The molecular weight excluding hydrogens is 258 g/mol. The van der Waals surface area contributed by atoms with Gasteiger partial charge >= 0.3 is 0 Å². The Hall–Kier alpha value is -2.63. The molecule has 0 aliphatic carbocycles. The lowest BCUT2D eigenvalue weighted by atomic mass is 10.2. The molecule has 20 heavy (non-hydrogen) atoms. The van der Waals surface area contributed by atoms with Crippen LogP contribution in [-0.2, 0) is 6.54 Å². The second-order valence-electron chi connectivity index (χ2n) is 4.72. The Labute approximate surface area is 114 Å². The van der Waals surface area contributed by atoms with Gasteiger partial charge in [-0.1, -0.05) is 17.3 Å². The number of non-ortho nitro benzene ring substituents is 1. The van der Waals surface area contributed by atoms with E-state index in [-0.39, 0.29) is 10.6 Å². The van der Waals surface area contributed by atoms with E-state index in [0.717, 1.165) is 22.4 Å². The van der Waals surface area contributed by atoms with Crippen LogP contribution in [0, 0.1) is 24.0 Å². The van der Waals surface area contributed by atoms with Crippen LogP contribution in [-0.4, -0.2) is 14.6 Å². The number of para-hydroxylation sites is 1. The van der Waals surface area contributed by atoms with Crippen LogP contribution in [0.15, 0.2) is 35.0 Å². The van der Waals surface area contributed by atoms with Crippen molar-refractivity contribution in [2.24, 2.45) is 0 Å². The fraction of sp³-hybridized carbons (Fsp3) is 0.214. The lowest BCUT2D eigenvalue weighted by molar-refractivity contribution is -0.383. The Morgan fingerprint density at radius 3 is 2.80 bits per heavy atom. The van der Waals surface area contributed by atoms with Crippen molar-refractivity contribution in [2.75, 3.05) is 0 Å². The van der Waals surface area contributed by atoms with Crippen LogP contribution in [0.2, 0.25) is 0 Å². The summed E-state index contributed by atoms with van der Waals surface area (Å²) >= 11 is 0. The van der Waals surface area contributed by atoms with Crippen molar-refractivity contribution in [3.8, 4) is 0 Å². The second kappa shape index (κ2) is 4.48. The summed E-state index contributed by atoms with van der Waals surface area (Å²) in [5, 5.41) is 15.9. The number of benzene rings is 1. The molecule has 0 amide bonds. The number of nitro benzene ring substituents is 1. The van der Waals surface area contributed by atoms with Crippen LogP contribution in [0.25, 0.3) is 10.9 Å². The first-order valence-electron chi connectivity index (χ1n) is 6.22. The third-order valence-corrected chi connectivity index (χ3v) is 3.47. The molecule has 102 valence electrons. The summed E-state index contributed by atoms with van der Waals surface area (Å²) < 4.78 is 7.00. The van der Waals surface area contributed by atoms with Crippen molar-refractivity contribution < 1.29 is 9.45 Å². The Balaban J connectivity index is 2.15. The maximum Gasteiger partial charge on any atom is 0.293 e. The van der Waals surface area contributed by atoms with Gasteiger partial charge in [-0.15, -0.1) is 0 Å². The third-order valence-electron chi connectivity index (χ3n) is 3.47. The normalized spacial score (nSPS) is 11.1. The van der Waals surface area contributed by atoms with E-state index in [0.29, 0.717) is 12.1 Å². The zero-order valence-electron chi connectivity index (χ0n) is 11.2. The number of hydrogen-bond acceptors (Lipinski definition) is 4. The summed E-state index contributed by atoms with van der Waals surface area (Å²) in [5.41, 5.74) is 2.50. The quantitative estimate of drug-likeness (QED) is 0.541. The molecule has 0 saturated heterocycles. The molecular formula is C14H13N3O3. The SMILES string of the molecule is Cc1noc(C)c1Cn1ccc2cccc([N+](=O)[O-])c21. The molecule has 0 spiro atoms. The predicted octanol–water partition coefficient (Wildman–Crippen LogP) is 3.20. The van der Waals surface area contributed by atoms with Crippen molar-refractivity contribution >= 4 is 16.6 Å². The monoisotopic (exact) mass is 271 g/mol. The van der Waals surface area contributed by atoms with Crippen LogP contribution in [0.4, 0.5) is 5.69 Å². The van der Waals surface area contributed by atoms with E-state index in [4.69, 9.17) is 4.52 Å². The molecule has 0 aliphatic heterocycles. The molecule has 6 heteroatoms. The molecule has 2 heterocycles. The minimum Gasteiger partial charge on any atom is -0.361 e. The van der Waals surface area contributed by atoms with E-state index in [1.54, 1.807) is 6.07 Å². The molecule has 0 radical (unpaired) electrons. The van der Waals surface area contributed by atoms with E-state index in [9.17, 15) is 10.1 Å². The van der Waals surface area contributed by atoms with Gasteiger partial charge in [-0.25, -0.2) is 0 Å². The first-order chi connectivity index (χ1) is 9.58. The van der Waals surface area contributed by atoms with Gasteiger partial charge in [0.2, 0.25) is 0 Å². The van der Waals surface area contributed by atoms with Crippen molar-refractivity contribution in [2.45, 2.75) is 20.4 Å². The highest BCUT2D eigenvalue weighted by Gasteiger charge is 2.17. The van der Waals surface area contributed by atoms with E-state index >= 15 is 0 Å². The second-order valence-corrected chi connectivity index (χ2v) is 4.72. The summed E-state index contributed by atoms with van der Waals surface area (Å²) in [6, 6.07) is 6.96. The van der Waals surface area contributed by atoms with E-state index in [2.05, 4.69) is 5.16 Å². The number of aryl methyl sites for hydroxylation is 2. The number of nitro groups is 1. The maximum absolute atomic E-state index is 11.2. The fourth-order valence-corrected chi connectivity index (χ4v) is 2.42. The highest BCUT2D eigenvalue weighted by Crippen LogP contribution is 2.27. The zero-order valence-corrected chi connectivity index (χ0v) is 11.2. The average Bonchev–Trinajstić information content (AvgIpc) is 2.97. The minimum atomic E-state index is -0.355. The summed E-state index contributed by atoms with van der Waals surface area (Å²) in [5.74, 6) is 0.739. The van der Waals surface area contributed by atoms with E-state index in [1.165, 1.54) is 6.07 Å². The molecule has 0 N–H and O–H groups in total. The highest BCUT2D eigenvalue weighted by atomic mass is 16.6. The molecule has 2 aromatic heterocycles. The van der Waals surface area contributed by atoms with Gasteiger partial charge in [-0.3, -0.25) is 10.1 Å². The number of nitrogens with zero attached hydrogens (tertiary/aromatic N) is 3. The molecule has 0 fully saturated rings. The van der Waals surface area contributed by atoms with Gasteiger partial charge in [0, 0.05) is 23.2 Å². The number of rotatable bonds is 3. The number of fused-ring (bicyclic) bond motifs is 1. The minimum absolute atomic E-state index is 0.110. The Morgan fingerprint density at radius 2 is 2.15 bits per heavy atom. The van der Waals surface area contributed by atoms with Gasteiger partial charge in [0.05, 0.1) is 17.2 Å². The first kappa shape index (κ1) is 12.4. The van der Waals surface area contributed by atoms with Gasteiger partial charge in [-0.2, -0.15) is 0 Å². The van der Waals surface area contributed by atoms with Crippen LogP contribution >= 0.6 is 0 Å². The Morgan fingerprint density at radius 1 is 1.35 bits per heavy atom. The predicted molar refractivity (Wildman–Crippen MR) is 73.7 cm³/mol. The van der Waals surface area contributed by atoms with Crippen LogP contribution < -0.4 is 0 Å². The Kier molecular flexibility index (Phi) is 2.78. The molecule has 3 aromatic rings. The van der Waals surface area contributed by atoms with Gasteiger partial charge in [-0.05, 0) is 19.9 Å². The molecule has 0 bridgehead atoms. The molecule has 0 unspecified atom stereocenters. The molecule has 0 saturated carbocycles.